The van der Waals surface area contributed by atoms with Crippen molar-refractivity contribution < 1.29 is 4.74 Å². The van der Waals surface area contributed by atoms with Gasteiger partial charge in [-0.15, -0.1) is 0 Å². The zero-order valence-corrected chi connectivity index (χ0v) is 12.5. The summed E-state index contributed by atoms with van der Waals surface area (Å²) < 4.78 is 6.87. The maximum Gasteiger partial charge on any atom is 0.133 e. The Bertz CT molecular complexity index is 330. The molecule has 1 rings (SSSR count). The normalized spacial score (nSPS) is 14.4. The molecule has 0 fully saturated rings. The van der Waals surface area contributed by atoms with Crippen molar-refractivity contribution in [2.24, 2.45) is 0 Å². The maximum atomic E-state index is 5.86. The van der Waals surface area contributed by atoms with Gasteiger partial charge in [-0.25, -0.2) is 0 Å². The van der Waals surface area contributed by atoms with E-state index in [-0.39, 0.29) is 6.10 Å². The molecule has 0 bridgehead atoms. The van der Waals surface area contributed by atoms with Crippen LogP contribution in [0.4, 0.5) is 0 Å². The van der Waals surface area contributed by atoms with Crippen LogP contribution in [0.15, 0.2) is 28.7 Å². The maximum absolute atomic E-state index is 5.86. The first-order valence-electron chi connectivity index (χ1n) is 6.28. The van der Waals surface area contributed by atoms with Gasteiger partial charge in [0.1, 0.15) is 11.9 Å². The summed E-state index contributed by atoms with van der Waals surface area (Å²) in [5.41, 5.74) is 0. The number of hydrogen-bond acceptors (Lipinski definition) is 2. The Hall–Kier alpha value is -0.540. The highest BCUT2D eigenvalue weighted by Gasteiger charge is 2.08. The molecule has 0 heterocycles. The highest BCUT2D eigenvalue weighted by molar-refractivity contribution is 9.10. The Balaban J connectivity index is 2.34. The van der Waals surface area contributed by atoms with Crippen molar-refractivity contribution in [3.8, 4) is 5.75 Å². The van der Waals surface area contributed by atoms with Crippen LogP contribution in [0.1, 0.15) is 33.6 Å². The first kappa shape index (κ1) is 14.5. The molecule has 0 saturated heterocycles. The van der Waals surface area contributed by atoms with E-state index in [1.807, 2.05) is 24.3 Å². The zero-order valence-electron chi connectivity index (χ0n) is 10.9. The zero-order chi connectivity index (χ0) is 12.7. The molecule has 0 amide bonds. The molecule has 1 N–H and O–H groups in total. The van der Waals surface area contributed by atoms with Crippen LogP contribution in [-0.4, -0.2) is 18.7 Å². The Kier molecular flexibility index (Phi) is 6.60. The van der Waals surface area contributed by atoms with E-state index in [9.17, 15) is 0 Å². The predicted molar refractivity (Wildman–Crippen MR) is 76.6 cm³/mol. The van der Waals surface area contributed by atoms with Crippen LogP contribution in [-0.2, 0) is 0 Å². The van der Waals surface area contributed by atoms with E-state index < -0.39 is 0 Å². The summed E-state index contributed by atoms with van der Waals surface area (Å²) in [5.74, 6) is 0.907. The fourth-order valence-corrected chi connectivity index (χ4v) is 2.08. The number of halogens is 1. The summed E-state index contributed by atoms with van der Waals surface area (Å²) in [6.07, 6.45) is 2.60. The Morgan fingerprint density at radius 2 is 2.00 bits per heavy atom. The van der Waals surface area contributed by atoms with E-state index in [4.69, 9.17) is 4.74 Å². The molecule has 1 aromatic rings. The minimum atomic E-state index is 0.174. The van der Waals surface area contributed by atoms with Gasteiger partial charge in [-0.1, -0.05) is 25.5 Å². The summed E-state index contributed by atoms with van der Waals surface area (Å²) in [6.45, 7) is 7.39. The van der Waals surface area contributed by atoms with E-state index in [1.54, 1.807) is 0 Å². The Labute approximate surface area is 113 Å². The molecule has 2 unspecified atom stereocenters. The quantitative estimate of drug-likeness (QED) is 0.822. The lowest BCUT2D eigenvalue weighted by atomic mass is 10.2. The molecule has 17 heavy (non-hydrogen) atoms. The first-order chi connectivity index (χ1) is 8.13. The molecule has 0 aliphatic rings. The van der Waals surface area contributed by atoms with Gasteiger partial charge >= 0.3 is 0 Å². The van der Waals surface area contributed by atoms with Crippen LogP contribution in [0.3, 0.4) is 0 Å². The van der Waals surface area contributed by atoms with Crippen molar-refractivity contribution >= 4 is 15.9 Å². The summed E-state index contributed by atoms with van der Waals surface area (Å²) in [6, 6.07) is 8.51. The number of benzene rings is 1. The number of ether oxygens (including phenoxy) is 1. The van der Waals surface area contributed by atoms with Crippen LogP contribution < -0.4 is 10.1 Å². The number of para-hydroxylation sites is 1. The van der Waals surface area contributed by atoms with Gasteiger partial charge in [0.05, 0.1) is 4.47 Å². The van der Waals surface area contributed by atoms with Crippen molar-refractivity contribution in [1.29, 1.82) is 0 Å². The molecule has 0 aliphatic carbocycles. The van der Waals surface area contributed by atoms with Gasteiger partial charge in [-0.05, 0) is 48.3 Å². The fraction of sp³-hybridized carbons (Fsp3) is 0.571. The second kappa shape index (κ2) is 7.72. The van der Waals surface area contributed by atoms with Gasteiger partial charge in [0.15, 0.2) is 0 Å². The van der Waals surface area contributed by atoms with Gasteiger partial charge < -0.3 is 10.1 Å². The van der Waals surface area contributed by atoms with Crippen molar-refractivity contribution in [3.05, 3.63) is 28.7 Å². The third-order valence-corrected chi connectivity index (χ3v) is 3.30. The number of rotatable bonds is 7. The standard InChI is InChI=1S/C14H22BrNO/c1-4-7-11(2)16-10-12(3)17-14-9-6-5-8-13(14)15/h5-6,8-9,11-12,16H,4,7,10H2,1-3H3. The molecule has 2 atom stereocenters. The van der Waals surface area contributed by atoms with Crippen LogP contribution in [0.5, 0.6) is 5.75 Å². The second-order valence-electron chi connectivity index (χ2n) is 4.46. The predicted octanol–water partition coefficient (Wildman–Crippen LogP) is 3.99. The van der Waals surface area contributed by atoms with Gasteiger partial charge in [0.25, 0.3) is 0 Å². The molecular weight excluding hydrogens is 278 g/mol. The lowest BCUT2D eigenvalue weighted by Crippen LogP contribution is -2.35. The Morgan fingerprint density at radius 3 is 2.65 bits per heavy atom. The average Bonchev–Trinajstić information content (AvgIpc) is 2.30. The summed E-state index contributed by atoms with van der Waals surface area (Å²) >= 11 is 3.48. The molecule has 0 saturated carbocycles. The van der Waals surface area contributed by atoms with Gasteiger partial charge in [0.2, 0.25) is 0 Å². The van der Waals surface area contributed by atoms with Crippen LogP contribution in [0.2, 0.25) is 0 Å². The largest absolute Gasteiger partial charge is 0.488 e. The summed E-state index contributed by atoms with van der Waals surface area (Å²) in [4.78, 5) is 0. The van der Waals surface area contributed by atoms with E-state index in [2.05, 4.69) is 42.0 Å². The Morgan fingerprint density at radius 1 is 1.29 bits per heavy atom. The third-order valence-electron chi connectivity index (χ3n) is 2.64. The number of nitrogens with one attached hydrogen (secondary N) is 1. The van der Waals surface area contributed by atoms with Gasteiger partial charge in [-0.2, -0.15) is 0 Å². The monoisotopic (exact) mass is 299 g/mol. The minimum Gasteiger partial charge on any atom is -0.488 e. The van der Waals surface area contributed by atoms with Crippen molar-refractivity contribution in [3.63, 3.8) is 0 Å². The molecule has 0 aromatic heterocycles. The van der Waals surface area contributed by atoms with Gasteiger partial charge in [-0.3, -0.25) is 0 Å². The summed E-state index contributed by atoms with van der Waals surface area (Å²) in [7, 11) is 0. The molecule has 2 nitrogen and oxygen atoms in total. The highest BCUT2D eigenvalue weighted by Crippen LogP contribution is 2.24. The van der Waals surface area contributed by atoms with Gasteiger partial charge in [0, 0.05) is 12.6 Å². The smallest absolute Gasteiger partial charge is 0.133 e. The molecule has 0 spiro atoms. The fourth-order valence-electron chi connectivity index (χ4n) is 1.70. The van der Waals surface area contributed by atoms with E-state index in [0.717, 1.165) is 16.8 Å². The van der Waals surface area contributed by atoms with E-state index >= 15 is 0 Å². The SMILES string of the molecule is CCCC(C)NCC(C)Oc1ccccc1Br. The highest BCUT2D eigenvalue weighted by atomic mass is 79.9. The topological polar surface area (TPSA) is 21.3 Å². The molecule has 3 heteroatoms. The molecule has 96 valence electrons. The lowest BCUT2D eigenvalue weighted by Gasteiger charge is -2.19. The molecule has 0 aliphatic heterocycles. The molecular formula is C14H22BrNO. The van der Waals surface area contributed by atoms with Crippen LogP contribution in [0.25, 0.3) is 0 Å². The lowest BCUT2D eigenvalue weighted by molar-refractivity contribution is 0.210. The number of hydrogen-bond donors (Lipinski definition) is 1. The molecule has 1 aromatic carbocycles. The molecule has 0 radical (unpaired) electrons. The minimum absolute atomic E-state index is 0.174. The van der Waals surface area contributed by atoms with E-state index in [1.165, 1.54) is 12.8 Å². The van der Waals surface area contributed by atoms with Crippen molar-refractivity contribution in [2.75, 3.05) is 6.54 Å². The summed E-state index contributed by atoms with van der Waals surface area (Å²) in [5, 5.41) is 3.48. The van der Waals surface area contributed by atoms with Crippen molar-refractivity contribution in [2.45, 2.75) is 45.8 Å². The van der Waals surface area contributed by atoms with Crippen LogP contribution >= 0.6 is 15.9 Å². The van der Waals surface area contributed by atoms with E-state index in [0.29, 0.717) is 6.04 Å². The second-order valence-corrected chi connectivity index (χ2v) is 5.31. The first-order valence-corrected chi connectivity index (χ1v) is 7.07. The third kappa shape index (κ3) is 5.55. The van der Waals surface area contributed by atoms with Crippen LogP contribution in [0, 0.1) is 0 Å². The average molecular weight is 300 g/mol. The van der Waals surface area contributed by atoms with Crippen molar-refractivity contribution in [1.82, 2.24) is 5.32 Å².